The summed E-state index contributed by atoms with van der Waals surface area (Å²) in [5, 5.41) is 3.89. The molecule has 6 heteroatoms. The molecule has 0 aliphatic heterocycles. The standard InChI is InChI=1S/C11H11F2N3O/c1-16-11(14)6(5-15-16)9-8(17-2)4-3-7(12)10(9)13/h3-5H,14H2,1-2H3. The molecular formula is C11H11F2N3O. The molecule has 0 aliphatic carbocycles. The number of nitrogens with two attached hydrogens (primary N) is 1. The summed E-state index contributed by atoms with van der Waals surface area (Å²) in [5.74, 6) is -1.50. The highest BCUT2D eigenvalue weighted by Gasteiger charge is 2.20. The van der Waals surface area contributed by atoms with E-state index in [0.29, 0.717) is 5.56 Å². The number of nitrogens with zero attached hydrogens (tertiary/aromatic N) is 2. The lowest BCUT2D eigenvalue weighted by Crippen LogP contribution is -2.00. The lowest BCUT2D eigenvalue weighted by molar-refractivity contribution is 0.409. The van der Waals surface area contributed by atoms with Crippen molar-refractivity contribution in [1.82, 2.24) is 9.78 Å². The number of hydrogen-bond acceptors (Lipinski definition) is 3. The molecule has 0 fully saturated rings. The van der Waals surface area contributed by atoms with Gasteiger partial charge in [0.25, 0.3) is 0 Å². The van der Waals surface area contributed by atoms with Gasteiger partial charge in [-0.3, -0.25) is 4.68 Å². The number of methoxy groups -OCH3 is 1. The largest absolute Gasteiger partial charge is 0.496 e. The van der Waals surface area contributed by atoms with E-state index in [4.69, 9.17) is 10.5 Å². The monoisotopic (exact) mass is 239 g/mol. The van der Waals surface area contributed by atoms with E-state index >= 15 is 0 Å². The van der Waals surface area contributed by atoms with Crippen LogP contribution < -0.4 is 10.5 Å². The van der Waals surface area contributed by atoms with Crippen LogP contribution in [-0.2, 0) is 7.05 Å². The summed E-state index contributed by atoms with van der Waals surface area (Å²) in [5.41, 5.74) is 6.02. The maximum atomic E-state index is 13.8. The van der Waals surface area contributed by atoms with E-state index < -0.39 is 11.6 Å². The average molecular weight is 239 g/mol. The Balaban J connectivity index is 2.73. The van der Waals surface area contributed by atoms with E-state index in [1.165, 1.54) is 24.1 Å². The molecule has 1 heterocycles. The first kappa shape index (κ1) is 11.4. The number of benzene rings is 1. The number of aryl methyl sites for hydroxylation is 1. The lowest BCUT2D eigenvalue weighted by atomic mass is 10.1. The third kappa shape index (κ3) is 1.71. The fourth-order valence-corrected chi connectivity index (χ4v) is 1.59. The maximum Gasteiger partial charge on any atom is 0.170 e. The van der Waals surface area contributed by atoms with E-state index in [1.54, 1.807) is 7.05 Å². The quantitative estimate of drug-likeness (QED) is 0.871. The number of aromatic nitrogens is 2. The second-order valence-corrected chi connectivity index (χ2v) is 3.51. The fourth-order valence-electron chi connectivity index (χ4n) is 1.59. The van der Waals surface area contributed by atoms with Crippen LogP contribution in [0.5, 0.6) is 5.75 Å². The highest BCUT2D eigenvalue weighted by Crippen LogP contribution is 2.36. The zero-order valence-corrected chi connectivity index (χ0v) is 9.37. The van der Waals surface area contributed by atoms with Crippen LogP contribution in [0.1, 0.15) is 0 Å². The minimum Gasteiger partial charge on any atom is -0.496 e. The van der Waals surface area contributed by atoms with Crippen molar-refractivity contribution in [3.8, 4) is 16.9 Å². The predicted octanol–water partition coefficient (Wildman–Crippen LogP) is 1.96. The number of nitrogen functional groups attached to an aromatic ring is 1. The van der Waals surface area contributed by atoms with Crippen molar-refractivity contribution in [2.75, 3.05) is 12.8 Å². The Kier molecular flexibility index (Phi) is 2.71. The van der Waals surface area contributed by atoms with Crippen LogP contribution in [-0.4, -0.2) is 16.9 Å². The molecule has 2 N–H and O–H groups in total. The van der Waals surface area contributed by atoms with E-state index in [2.05, 4.69) is 5.10 Å². The first-order chi connectivity index (χ1) is 8.06. The summed E-state index contributed by atoms with van der Waals surface area (Å²) >= 11 is 0. The van der Waals surface area contributed by atoms with Crippen LogP contribution >= 0.6 is 0 Å². The van der Waals surface area contributed by atoms with Crippen molar-refractivity contribution in [3.05, 3.63) is 30.0 Å². The van der Waals surface area contributed by atoms with Crippen LogP contribution in [0.4, 0.5) is 14.6 Å². The molecule has 2 aromatic rings. The summed E-state index contributed by atoms with van der Waals surface area (Å²) < 4.78 is 33.4. The van der Waals surface area contributed by atoms with Crippen LogP contribution in [0.2, 0.25) is 0 Å². The second kappa shape index (κ2) is 4.04. The van der Waals surface area contributed by atoms with Crippen LogP contribution in [0.25, 0.3) is 11.1 Å². The smallest absolute Gasteiger partial charge is 0.170 e. The van der Waals surface area contributed by atoms with Gasteiger partial charge in [0.1, 0.15) is 11.6 Å². The molecule has 0 radical (unpaired) electrons. The Labute approximate surface area is 96.6 Å². The van der Waals surface area contributed by atoms with Crippen LogP contribution in [0.3, 0.4) is 0 Å². The molecule has 0 saturated heterocycles. The van der Waals surface area contributed by atoms with Gasteiger partial charge in [-0.1, -0.05) is 0 Å². The zero-order valence-electron chi connectivity index (χ0n) is 9.37. The SMILES string of the molecule is COc1ccc(F)c(F)c1-c1cnn(C)c1N. The molecule has 4 nitrogen and oxygen atoms in total. The van der Waals surface area contributed by atoms with Crippen molar-refractivity contribution in [3.63, 3.8) is 0 Å². The fraction of sp³-hybridized carbons (Fsp3) is 0.182. The molecule has 0 amide bonds. The number of ether oxygens (including phenoxy) is 1. The molecule has 0 unspecified atom stereocenters. The van der Waals surface area contributed by atoms with Gasteiger partial charge in [0.05, 0.1) is 24.4 Å². The highest BCUT2D eigenvalue weighted by atomic mass is 19.2. The number of halogens is 2. The van der Waals surface area contributed by atoms with Gasteiger partial charge in [0, 0.05) is 7.05 Å². The summed E-state index contributed by atoms with van der Waals surface area (Å²) in [6.45, 7) is 0. The van der Waals surface area contributed by atoms with Crippen molar-refractivity contribution < 1.29 is 13.5 Å². The Morgan fingerprint density at radius 1 is 1.35 bits per heavy atom. The molecule has 0 bridgehead atoms. The van der Waals surface area contributed by atoms with Gasteiger partial charge in [0.15, 0.2) is 11.6 Å². The van der Waals surface area contributed by atoms with Gasteiger partial charge >= 0.3 is 0 Å². The Bertz CT molecular complexity index is 566. The first-order valence-electron chi connectivity index (χ1n) is 4.86. The summed E-state index contributed by atoms with van der Waals surface area (Å²) in [6, 6.07) is 2.35. The average Bonchev–Trinajstić information content (AvgIpc) is 2.64. The molecule has 0 aliphatic rings. The Hall–Kier alpha value is -2.11. The number of hydrogen-bond donors (Lipinski definition) is 1. The van der Waals surface area contributed by atoms with Crippen LogP contribution in [0, 0.1) is 11.6 Å². The van der Waals surface area contributed by atoms with Gasteiger partial charge in [-0.15, -0.1) is 0 Å². The normalized spacial score (nSPS) is 10.6. The summed E-state index contributed by atoms with van der Waals surface area (Å²) in [4.78, 5) is 0. The first-order valence-corrected chi connectivity index (χ1v) is 4.86. The molecular weight excluding hydrogens is 228 g/mol. The minimum absolute atomic E-state index is 0.0156. The molecule has 1 aromatic carbocycles. The topological polar surface area (TPSA) is 53.1 Å². The van der Waals surface area contributed by atoms with E-state index in [9.17, 15) is 8.78 Å². The molecule has 1 aromatic heterocycles. The third-order valence-corrected chi connectivity index (χ3v) is 2.53. The Morgan fingerprint density at radius 3 is 2.59 bits per heavy atom. The molecule has 17 heavy (non-hydrogen) atoms. The predicted molar refractivity (Wildman–Crippen MR) is 59.5 cm³/mol. The van der Waals surface area contributed by atoms with Crippen molar-refractivity contribution >= 4 is 5.82 Å². The zero-order chi connectivity index (χ0) is 12.6. The van der Waals surface area contributed by atoms with Crippen molar-refractivity contribution in [1.29, 1.82) is 0 Å². The van der Waals surface area contributed by atoms with Crippen LogP contribution in [0.15, 0.2) is 18.3 Å². The van der Waals surface area contributed by atoms with Gasteiger partial charge in [-0.05, 0) is 12.1 Å². The second-order valence-electron chi connectivity index (χ2n) is 3.51. The Morgan fingerprint density at radius 2 is 2.06 bits per heavy atom. The number of rotatable bonds is 2. The summed E-state index contributed by atoms with van der Waals surface area (Å²) in [6.07, 6.45) is 1.37. The van der Waals surface area contributed by atoms with Gasteiger partial charge in [-0.25, -0.2) is 8.78 Å². The molecule has 2 rings (SSSR count). The van der Waals surface area contributed by atoms with Crippen molar-refractivity contribution in [2.45, 2.75) is 0 Å². The van der Waals surface area contributed by atoms with E-state index in [0.717, 1.165) is 6.07 Å². The lowest BCUT2D eigenvalue weighted by Gasteiger charge is -2.09. The summed E-state index contributed by atoms with van der Waals surface area (Å²) in [7, 11) is 2.99. The third-order valence-electron chi connectivity index (χ3n) is 2.53. The molecule has 90 valence electrons. The molecule has 0 saturated carbocycles. The molecule has 0 spiro atoms. The maximum absolute atomic E-state index is 13.8. The van der Waals surface area contributed by atoms with Gasteiger partial charge in [-0.2, -0.15) is 5.10 Å². The molecule has 0 atom stereocenters. The number of anilines is 1. The van der Waals surface area contributed by atoms with Gasteiger partial charge < -0.3 is 10.5 Å². The van der Waals surface area contributed by atoms with Crippen molar-refractivity contribution in [2.24, 2.45) is 7.05 Å². The minimum atomic E-state index is -0.996. The van der Waals surface area contributed by atoms with E-state index in [1.807, 2.05) is 0 Å². The van der Waals surface area contributed by atoms with E-state index in [-0.39, 0.29) is 17.1 Å². The highest BCUT2D eigenvalue weighted by molar-refractivity contribution is 5.78. The van der Waals surface area contributed by atoms with Gasteiger partial charge in [0.2, 0.25) is 0 Å².